The van der Waals surface area contributed by atoms with E-state index in [0.717, 1.165) is 17.7 Å². The first kappa shape index (κ1) is 13.0. The smallest absolute Gasteiger partial charge is 0.142 e. The van der Waals surface area contributed by atoms with Crippen LogP contribution < -0.4 is 0 Å². The molecular formula is C14H11F2NO2. The van der Waals surface area contributed by atoms with Gasteiger partial charge in [-0.25, -0.2) is 8.78 Å². The lowest BCUT2D eigenvalue weighted by Gasteiger charge is -2.00. The fourth-order valence-corrected chi connectivity index (χ4v) is 1.42. The minimum atomic E-state index is -0.474. The average Bonchev–Trinajstić information content (AvgIpc) is 2.40. The van der Waals surface area contributed by atoms with E-state index in [4.69, 9.17) is 4.84 Å². The molecule has 0 spiro atoms. The Balaban J connectivity index is 1.93. The Morgan fingerprint density at radius 1 is 1.05 bits per heavy atom. The van der Waals surface area contributed by atoms with Gasteiger partial charge in [0.05, 0.1) is 6.21 Å². The molecule has 2 aromatic carbocycles. The summed E-state index contributed by atoms with van der Waals surface area (Å²) in [6.45, 7) is 0.160. The number of nitrogens with zero attached hydrogens (tertiary/aromatic N) is 1. The molecule has 0 atom stereocenters. The van der Waals surface area contributed by atoms with Crippen LogP contribution in [0.15, 0.2) is 47.6 Å². The molecule has 5 heteroatoms. The number of phenolic OH excluding ortho intramolecular Hbond substituents is 1. The Morgan fingerprint density at radius 2 is 1.74 bits per heavy atom. The lowest BCUT2D eigenvalue weighted by atomic mass is 10.2. The Morgan fingerprint density at radius 3 is 2.47 bits per heavy atom. The fourth-order valence-electron chi connectivity index (χ4n) is 1.42. The first-order valence-electron chi connectivity index (χ1n) is 5.53. The van der Waals surface area contributed by atoms with Gasteiger partial charge >= 0.3 is 0 Å². The third-order valence-corrected chi connectivity index (χ3v) is 2.40. The van der Waals surface area contributed by atoms with Crippen molar-refractivity contribution in [3.63, 3.8) is 0 Å². The summed E-state index contributed by atoms with van der Waals surface area (Å²) in [4.78, 5) is 4.97. The van der Waals surface area contributed by atoms with Crippen LogP contribution in [0.2, 0.25) is 0 Å². The highest BCUT2D eigenvalue weighted by Gasteiger charge is 2.00. The maximum atomic E-state index is 12.9. The summed E-state index contributed by atoms with van der Waals surface area (Å²) < 4.78 is 25.6. The number of aromatic hydroxyl groups is 1. The predicted molar refractivity (Wildman–Crippen MR) is 66.8 cm³/mol. The van der Waals surface area contributed by atoms with Crippen molar-refractivity contribution in [2.75, 3.05) is 0 Å². The normalized spacial score (nSPS) is 10.8. The van der Waals surface area contributed by atoms with Crippen molar-refractivity contribution in [1.82, 2.24) is 0 Å². The van der Waals surface area contributed by atoms with E-state index in [1.807, 2.05) is 0 Å². The summed E-state index contributed by atoms with van der Waals surface area (Å²) in [5, 5.41) is 13.0. The lowest BCUT2D eigenvalue weighted by Crippen LogP contribution is -1.89. The fraction of sp³-hybridized carbons (Fsp3) is 0.0714. The van der Waals surface area contributed by atoms with Crippen LogP contribution in [0, 0.1) is 11.6 Å². The second-order valence-corrected chi connectivity index (χ2v) is 3.84. The monoisotopic (exact) mass is 263 g/mol. The first-order chi connectivity index (χ1) is 9.15. The topological polar surface area (TPSA) is 41.8 Å². The number of rotatable bonds is 4. The zero-order chi connectivity index (χ0) is 13.7. The highest BCUT2D eigenvalue weighted by Crippen LogP contribution is 2.15. The van der Waals surface area contributed by atoms with Crippen molar-refractivity contribution < 1.29 is 18.7 Å². The van der Waals surface area contributed by atoms with E-state index in [1.165, 1.54) is 24.4 Å². The molecule has 98 valence electrons. The van der Waals surface area contributed by atoms with Crippen molar-refractivity contribution in [3.8, 4) is 5.75 Å². The predicted octanol–water partition coefficient (Wildman–Crippen LogP) is 3.22. The van der Waals surface area contributed by atoms with Crippen LogP contribution >= 0.6 is 0 Å². The number of benzene rings is 2. The highest BCUT2D eigenvalue weighted by molar-refractivity contribution is 5.82. The third kappa shape index (κ3) is 3.77. The Labute approximate surface area is 108 Å². The number of hydrogen-bond acceptors (Lipinski definition) is 3. The standard InChI is InChI=1S/C14H11F2NO2/c15-12-3-1-10(2-4-12)9-19-17-8-11-7-13(16)5-6-14(11)18/h1-8,18H,9H2/b17-8+. The molecule has 0 bridgehead atoms. The van der Waals surface area contributed by atoms with Gasteiger partial charge in [0.2, 0.25) is 0 Å². The SMILES string of the molecule is Oc1ccc(F)cc1/C=N/OCc1ccc(F)cc1. The van der Waals surface area contributed by atoms with Crippen molar-refractivity contribution in [2.24, 2.45) is 5.16 Å². The Bertz CT molecular complexity index is 582. The van der Waals surface area contributed by atoms with E-state index in [0.29, 0.717) is 0 Å². The second-order valence-electron chi connectivity index (χ2n) is 3.84. The first-order valence-corrected chi connectivity index (χ1v) is 5.53. The van der Waals surface area contributed by atoms with Crippen LogP contribution in [0.5, 0.6) is 5.75 Å². The van der Waals surface area contributed by atoms with Crippen LogP contribution in [-0.2, 0) is 11.4 Å². The van der Waals surface area contributed by atoms with E-state index in [1.54, 1.807) is 12.1 Å². The lowest BCUT2D eigenvalue weighted by molar-refractivity contribution is 0.132. The molecule has 0 aliphatic carbocycles. The summed E-state index contributed by atoms with van der Waals surface area (Å²) >= 11 is 0. The molecule has 2 aromatic rings. The van der Waals surface area contributed by atoms with Crippen LogP contribution in [0.4, 0.5) is 8.78 Å². The summed E-state index contributed by atoms with van der Waals surface area (Å²) in [6, 6.07) is 9.30. The molecule has 3 nitrogen and oxygen atoms in total. The van der Waals surface area contributed by atoms with E-state index >= 15 is 0 Å². The number of halogens is 2. The zero-order valence-corrected chi connectivity index (χ0v) is 9.88. The highest BCUT2D eigenvalue weighted by atomic mass is 19.1. The van der Waals surface area contributed by atoms with E-state index in [9.17, 15) is 13.9 Å². The van der Waals surface area contributed by atoms with Gasteiger partial charge in [-0.3, -0.25) is 0 Å². The molecule has 0 aliphatic heterocycles. The third-order valence-electron chi connectivity index (χ3n) is 2.40. The molecule has 0 saturated heterocycles. The van der Waals surface area contributed by atoms with Gasteiger partial charge in [0, 0.05) is 5.56 Å². The number of hydrogen-bond donors (Lipinski definition) is 1. The van der Waals surface area contributed by atoms with Gasteiger partial charge in [-0.2, -0.15) is 0 Å². The van der Waals surface area contributed by atoms with Crippen LogP contribution in [0.1, 0.15) is 11.1 Å². The van der Waals surface area contributed by atoms with Crippen LogP contribution in [-0.4, -0.2) is 11.3 Å². The van der Waals surface area contributed by atoms with Crippen molar-refractivity contribution in [1.29, 1.82) is 0 Å². The van der Waals surface area contributed by atoms with Crippen molar-refractivity contribution in [3.05, 3.63) is 65.2 Å². The van der Waals surface area contributed by atoms with E-state index in [-0.39, 0.29) is 23.7 Å². The molecule has 0 amide bonds. The van der Waals surface area contributed by atoms with E-state index < -0.39 is 5.82 Å². The van der Waals surface area contributed by atoms with Crippen molar-refractivity contribution in [2.45, 2.75) is 6.61 Å². The summed E-state index contributed by atoms with van der Waals surface area (Å²) in [7, 11) is 0. The molecular weight excluding hydrogens is 252 g/mol. The maximum Gasteiger partial charge on any atom is 0.142 e. The molecule has 1 N–H and O–H groups in total. The quantitative estimate of drug-likeness (QED) is 0.679. The number of phenols is 1. The Kier molecular flexibility index (Phi) is 4.07. The molecule has 0 unspecified atom stereocenters. The minimum absolute atomic E-state index is 0.0875. The number of oxime groups is 1. The summed E-state index contributed by atoms with van der Waals surface area (Å²) in [5.74, 6) is -0.884. The molecule has 0 aliphatic rings. The van der Waals surface area contributed by atoms with Crippen LogP contribution in [0.3, 0.4) is 0 Å². The van der Waals surface area contributed by atoms with Gasteiger partial charge in [0.25, 0.3) is 0 Å². The molecule has 0 radical (unpaired) electrons. The zero-order valence-electron chi connectivity index (χ0n) is 9.88. The molecule has 0 heterocycles. The van der Waals surface area contributed by atoms with Crippen molar-refractivity contribution >= 4 is 6.21 Å². The van der Waals surface area contributed by atoms with Gasteiger partial charge in [-0.1, -0.05) is 17.3 Å². The summed E-state index contributed by atoms with van der Waals surface area (Å²) in [6.07, 6.45) is 1.21. The second kappa shape index (κ2) is 5.95. The Hall–Kier alpha value is -2.43. The van der Waals surface area contributed by atoms with Gasteiger partial charge in [0.15, 0.2) is 0 Å². The largest absolute Gasteiger partial charge is 0.507 e. The molecule has 2 rings (SSSR count). The maximum absolute atomic E-state index is 12.9. The van der Waals surface area contributed by atoms with Gasteiger partial charge < -0.3 is 9.94 Å². The minimum Gasteiger partial charge on any atom is -0.507 e. The summed E-state index contributed by atoms with van der Waals surface area (Å²) in [5.41, 5.74) is 0.973. The van der Waals surface area contributed by atoms with Crippen LogP contribution in [0.25, 0.3) is 0 Å². The van der Waals surface area contributed by atoms with Gasteiger partial charge in [-0.15, -0.1) is 0 Å². The van der Waals surface area contributed by atoms with Gasteiger partial charge in [-0.05, 0) is 35.9 Å². The molecule has 0 aromatic heterocycles. The average molecular weight is 263 g/mol. The van der Waals surface area contributed by atoms with Gasteiger partial charge in [0.1, 0.15) is 24.0 Å². The molecule has 0 saturated carbocycles. The molecule has 19 heavy (non-hydrogen) atoms. The van der Waals surface area contributed by atoms with E-state index in [2.05, 4.69) is 5.16 Å². The molecule has 0 fully saturated rings.